The highest BCUT2D eigenvalue weighted by Gasteiger charge is 2.53. The van der Waals surface area contributed by atoms with E-state index in [-0.39, 0.29) is 19.1 Å². The molecule has 196 valence electrons. The lowest BCUT2D eigenvalue weighted by molar-refractivity contribution is -0.213. The van der Waals surface area contributed by atoms with Crippen LogP contribution in [0.5, 0.6) is 5.75 Å². The fraction of sp³-hybridized carbons (Fsp3) is 0.720. The highest BCUT2D eigenvalue weighted by molar-refractivity contribution is 5.69. The monoisotopic (exact) mass is 495 g/mol. The number of ether oxygens (including phenoxy) is 5. The van der Waals surface area contributed by atoms with Crippen LogP contribution in [-0.4, -0.2) is 90.0 Å². The van der Waals surface area contributed by atoms with Crippen molar-refractivity contribution in [1.82, 2.24) is 5.32 Å². The molecule has 1 aromatic rings. The van der Waals surface area contributed by atoms with Crippen LogP contribution in [0.2, 0.25) is 0 Å². The predicted molar refractivity (Wildman–Crippen MR) is 124 cm³/mol. The summed E-state index contributed by atoms with van der Waals surface area (Å²) >= 11 is 0. The molecular formula is C25H37NO9. The van der Waals surface area contributed by atoms with E-state index in [1.54, 1.807) is 21.0 Å². The van der Waals surface area contributed by atoms with Crippen molar-refractivity contribution < 1.29 is 43.8 Å². The number of aliphatic hydroxyl groups excluding tert-OH is 2. The molecule has 0 saturated carbocycles. The molecule has 4 rings (SSSR count). The highest BCUT2D eigenvalue weighted by atomic mass is 16.7. The third kappa shape index (κ3) is 6.32. The first-order valence-corrected chi connectivity index (χ1v) is 12.2. The van der Waals surface area contributed by atoms with E-state index in [2.05, 4.69) is 5.32 Å². The smallest absolute Gasteiger partial charge is 0.306 e. The zero-order valence-electron chi connectivity index (χ0n) is 20.5. The van der Waals surface area contributed by atoms with Crippen molar-refractivity contribution in [3.05, 3.63) is 29.8 Å². The van der Waals surface area contributed by atoms with Crippen LogP contribution >= 0.6 is 0 Å². The lowest BCUT2D eigenvalue weighted by Gasteiger charge is -2.32. The Labute approximate surface area is 205 Å². The van der Waals surface area contributed by atoms with Crippen LogP contribution in [0.1, 0.15) is 51.2 Å². The molecule has 0 aromatic heterocycles. The number of unbranched alkanes of at least 4 members (excludes halogenated alkanes) is 1. The number of carbonyl (C=O) groups is 1. The van der Waals surface area contributed by atoms with E-state index in [1.807, 2.05) is 24.3 Å². The number of methoxy groups -OCH3 is 1. The average Bonchev–Trinajstić information content (AvgIpc) is 3.33. The molecule has 8 unspecified atom stereocenters. The molecule has 3 heterocycles. The van der Waals surface area contributed by atoms with Crippen molar-refractivity contribution in [2.24, 2.45) is 0 Å². The zero-order valence-corrected chi connectivity index (χ0v) is 20.5. The Kier molecular flexibility index (Phi) is 8.32. The number of β-amino-alcohol motifs (C(OH)–C–C–N with tert-alkyl or cyclic N) is 1. The Morgan fingerprint density at radius 3 is 2.60 bits per heavy atom. The van der Waals surface area contributed by atoms with Gasteiger partial charge in [0.1, 0.15) is 30.2 Å². The number of hydrogen-bond acceptors (Lipinski definition) is 10. The summed E-state index contributed by atoms with van der Waals surface area (Å²) in [7, 11) is 1.60. The van der Waals surface area contributed by atoms with Gasteiger partial charge < -0.3 is 44.3 Å². The van der Waals surface area contributed by atoms with Gasteiger partial charge in [-0.25, -0.2) is 0 Å². The standard InChI is InChI=1S/C25H37NO9/c1-25(2,30)11-5-4-6-18(28)34-23-20(29)17-13-32-21(14-7-9-15(31-3)10-8-14)19-22(16(27)12-26-19)35-24(23)33-17/h7-10,16-17,19-24,26-27,29-30H,4-6,11-13H2,1-3H3. The summed E-state index contributed by atoms with van der Waals surface area (Å²) in [5.41, 5.74) is 0.0858. The minimum atomic E-state index is -1.14. The topological polar surface area (TPSA) is 136 Å². The van der Waals surface area contributed by atoms with Crippen LogP contribution in [0.3, 0.4) is 0 Å². The van der Waals surface area contributed by atoms with Gasteiger partial charge in [0, 0.05) is 13.0 Å². The molecule has 3 aliphatic rings. The first kappa shape index (κ1) is 26.3. The van der Waals surface area contributed by atoms with Gasteiger partial charge in [-0.05, 0) is 44.4 Å². The fourth-order valence-corrected chi connectivity index (χ4v) is 4.85. The van der Waals surface area contributed by atoms with E-state index in [1.165, 1.54) is 0 Å². The normalized spacial score (nSPS) is 35.0. The molecular weight excluding hydrogens is 458 g/mol. The van der Waals surface area contributed by atoms with E-state index in [0.29, 0.717) is 31.6 Å². The first-order chi connectivity index (χ1) is 16.7. The Bertz CT molecular complexity index is 842. The quantitative estimate of drug-likeness (QED) is 0.303. The number of nitrogens with one attached hydrogen (secondary N) is 1. The molecule has 3 saturated heterocycles. The summed E-state index contributed by atoms with van der Waals surface area (Å²) in [5.74, 6) is 0.241. The van der Waals surface area contributed by atoms with Crippen LogP contribution in [0, 0.1) is 0 Å². The van der Waals surface area contributed by atoms with Gasteiger partial charge in [-0.15, -0.1) is 0 Å². The molecule has 0 spiro atoms. The Hall–Kier alpha value is -1.79. The number of rotatable bonds is 8. The summed E-state index contributed by atoms with van der Waals surface area (Å²) in [6.45, 7) is 3.81. The van der Waals surface area contributed by atoms with E-state index in [9.17, 15) is 20.1 Å². The molecule has 10 nitrogen and oxygen atoms in total. The molecule has 1 aromatic carbocycles. The molecule has 4 N–H and O–H groups in total. The van der Waals surface area contributed by atoms with Gasteiger partial charge in [-0.1, -0.05) is 18.6 Å². The van der Waals surface area contributed by atoms with Crippen LogP contribution in [0.25, 0.3) is 0 Å². The van der Waals surface area contributed by atoms with Crippen molar-refractivity contribution in [3.63, 3.8) is 0 Å². The van der Waals surface area contributed by atoms with Crippen LogP contribution < -0.4 is 10.1 Å². The van der Waals surface area contributed by atoms with Gasteiger partial charge >= 0.3 is 5.97 Å². The van der Waals surface area contributed by atoms with Gasteiger partial charge in [0.15, 0.2) is 12.4 Å². The van der Waals surface area contributed by atoms with E-state index in [0.717, 1.165) is 5.56 Å². The van der Waals surface area contributed by atoms with Gasteiger partial charge in [0.25, 0.3) is 0 Å². The maximum Gasteiger partial charge on any atom is 0.306 e. The summed E-state index contributed by atoms with van der Waals surface area (Å²) in [6.07, 6.45) is -4.00. The molecule has 35 heavy (non-hydrogen) atoms. The SMILES string of the molecule is COc1ccc(C2OCC3OC(OC4C(O)CNC24)C(OC(=O)CCCCC(C)(C)O)C3O)cc1. The van der Waals surface area contributed by atoms with Crippen LogP contribution in [-0.2, 0) is 23.7 Å². The van der Waals surface area contributed by atoms with Gasteiger partial charge in [-0.2, -0.15) is 0 Å². The molecule has 0 aliphatic carbocycles. The Morgan fingerprint density at radius 1 is 1.17 bits per heavy atom. The van der Waals surface area contributed by atoms with E-state index in [4.69, 9.17) is 23.7 Å². The molecule has 8 atom stereocenters. The molecule has 10 heteroatoms. The van der Waals surface area contributed by atoms with Crippen LogP contribution in [0.4, 0.5) is 0 Å². The summed E-state index contributed by atoms with van der Waals surface area (Å²) < 4.78 is 29.0. The highest BCUT2D eigenvalue weighted by Crippen LogP contribution is 2.36. The maximum atomic E-state index is 12.5. The first-order valence-electron chi connectivity index (χ1n) is 12.2. The van der Waals surface area contributed by atoms with Gasteiger partial charge in [0.05, 0.1) is 31.5 Å². The molecule has 0 amide bonds. The van der Waals surface area contributed by atoms with Crippen molar-refractivity contribution >= 4 is 5.97 Å². The molecule has 0 radical (unpaired) electrons. The number of fused-ring (bicyclic) bond motifs is 3. The van der Waals surface area contributed by atoms with Crippen molar-refractivity contribution in [2.45, 2.75) is 94.1 Å². The maximum absolute atomic E-state index is 12.5. The minimum absolute atomic E-state index is 0.0539. The van der Waals surface area contributed by atoms with Crippen LogP contribution in [0.15, 0.2) is 24.3 Å². The predicted octanol–water partition coefficient (Wildman–Crippen LogP) is 0.813. The third-order valence-electron chi connectivity index (χ3n) is 6.78. The van der Waals surface area contributed by atoms with Crippen molar-refractivity contribution in [3.8, 4) is 5.75 Å². The molecule has 3 fully saturated rings. The number of aliphatic hydroxyl groups is 3. The van der Waals surface area contributed by atoms with Gasteiger partial charge in [0.2, 0.25) is 0 Å². The lowest BCUT2D eigenvalue weighted by atomic mass is 9.97. The van der Waals surface area contributed by atoms with Crippen molar-refractivity contribution in [1.29, 1.82) is 0 Å². The second-order valence-electron chi connectivity index (χ2n) is 10.1. The molecule has 2 bridgehead atoms. The lowest BCUT2D eigenvalue weighted by Crippen LogP contribution is -2.47. The number of benzene rings is 1. The number of hydrogen-bond donors (Lipinski definition) is 4. The zero-order chi connectivity index (χ0) is 25.2. The second kappa shape index (κ2) is 11.1. The Balaban J connectivity index is 1.44. The van der Waals surface area contributed by atoms with Gasteiger partial charge in [-0.3, -0.25) is 4.79 Å². The minimum Gasteiger partial charge on any atom is -0.497 e. The largest absolute Gasteiger partial charge is 0.497 e. The Morgan fingerprint density at radius 2 is 1.91 bits per heavy atom. The summed E-state index contributed by atoms with van der Waals surface area (Å²) in [5, 5.41) is 34.6. The van der Waals surface area contributed by atoms with E-state index >= 15 is 0 Å². The fourth-order valence-electron chi connectivity index (χ4n) is 4.85. The summed E-state index contributed by atoms with van der Waals surface area (Å²) in [4.78, 5) is 12.5. The summed E-state index contributed by atoms with van der Waals surface area (Å²) in [6, 6.07) is 7.07. The van der Waals surface area contributed by atoms with Crippen molar-refractivity contribution in [2.75, 3.05) is 20.3 Å². The second-order valence-corrected chi connectivity index (χ2v) is 10.1. The number of esters is 1. The van der Waals surface area contributed by atoms with E-state index < -0.39 is 54.5 Å². The number of carbonyl (C=O) groups excluding carboxylic acids is 1. The molecule has 3 aliphatic heterocycles. The third-order valence-corrected chi connectivity index (χ3v) is 6.78. The average molecular weight is 496 g/mol.